The number of nitrogens with zero attached hydrogens (tertiary/aromatic N) is 5. The van der Waals surface area contributed by atoms with Crippen LogP contribution in [0.4, 0.5) is 0 Å². The van der Waals surface area contributed by atoms with E-state index >= 15 is 0 Å². The molecule has 5 heterocycles. The number of aromatic nitrogens is 3. The number of piperidine rings is 1. The molecule has 0 saturated carbocycles. The van der Waals surface area contributed by atoms with Crippen LogP contribution in [-0.2, 0) is 16.0 Å². The summed E-state index contributed by atoms with van der Waals surface area (Å²) in [7, 11) is 0. The second kappa shape index (κ2) is 9.46. The van der Waals surface area contributed by atoms with Crippen LogP contribution in [0.2, 0.25) is 0 Å². The molecule has 1 atom stereocenters. The molecule has 0 aromatic carbocycles. The lowest BCUT2D eigenvalue weighted by Gasteiger charge is -2.30. The second-order valence-corrected chi connectivity index (χ2v) is 8.53. The van der Waals surface area contributed by atoms with E-state index in [2.05, 4.69) is 20.2 Å². The van der Waals surface area contributed by atoms with E-state index in [1.807, 2.05) is 4.90 Å². The molecule has 2 aromatic rings. The fourth-order valence-electron chi connectivity index (χ4n) is 4.53. The van der Waals surface area contributed by atoms with Crippen molar-refractivity contribution < 1.29 is 23.3 Å². The second-order valence-electron chi connectivity index (χ2n) is 8.53. The first-order valence-corrected chi connectivity index (χ1v) is 11.2. The van der Waals surface area contributed by atoms with Gasteiger partial charge in [0, 0.05) is 51.4 Å². The average Bonchev–Trinajstić information content (AvgIpc) is 3.50. The smallest absolute Gasteiger partial charge is 0.276 e. The standard InChI is InChI=1S/C21H29N5O5/c27-21(18-12-17(30-23-18)14-25-6-10-29-11-7-25)26-5-1-2-16(13-26)20-22-19(24-31-20)15-3-8-28-9-4-15/h12,15-16H,1-11,13-14H2. The van der Waals surface area contributed by atoms with Crippen LogP contribution >= 0.6 is 0 Å². The largest absolute Gasteiger partial charge is 0.381 e. The fraction of sp³-hybridized carbons (Fsp3) is 0.714. The first kappa shape index (κ1) is 20.6. The topological polar surface area (TPSA) is 107 Å². The minimum Gasteiger partial charge on any atom is -0.381 e. The van der Waals surface area contributed by atoms with E-state index in [4.69, 9.17) is 18.5 Å². The van der Waals surface area contributed by atoms with Crippen LogP contribution in [0.3, 0.4) is 0 Å². The minimum atomic E-state index is -0.106. The number of likely N-dealkylation sites (tertiary alicyclic amines) is 1. The predicted molar refractivity (Wildman–Crippen MR) is 108 cm³/mol. The van der Waals surface area contributed by atoms with Gasteiger partial charge in [0.15, 0.2) is 17.3 Å². The summed E-state index contributed by atoms with van der Waals surface area (Å²) in [5.41, 5.74) is 0.359. The van der Waals surface area contributed by atoms with E-state index in [9.17, 15) is 4.79 Å². The summed E-state index contributed by atoms with van der Waals surface area (Å²) in [6.07, 6.45) is 3.67. The molecule has 168 valence electrons. The van der Waals surface area contributed by atoms with Crippen molar-refractivity contribution in [3.8, 4) is 0 Å². The lowest BCUT2D eigenvalue weighted by molar-refractivity contribution is 0.0305. The van der Waals surface area contributed by atoms with Crippen molar-refractivity contribution in [2.45, 2.75) is 44.1 Å². The fourth-order valence-corrected chi connectivity index (χ4v) is 4.53. The minimum absolute atomic E-state index is 0.0542. The van der Waals surface area contributed by atoms with Gasteiger partial charge in [0.1, 0.15) is 0 Å². The molecule has 5 rings (SSSR count). The van der Waals surface area contributed by atoms with Crippen molar-refractivity contribution in [3.63, 3.8) is 0 Å². The van der Waals surface area contributed by atoms with Gasteiger partial charge in [-0.3, -0.25) is 9.69 Å². The summed E-state index contributed by atoms with van der Waals surface area (Å²) in [6, 6.07) is 1.76. The Morgan fingerprint density at radius 3 is 2.61 bits per heavy atom. The van der Waals surface area contributed by atoms with Gasteiger partial charge in [0.05, 0.1) is 25.7 Å². The number of carbonyl (C=O) groups is 1. The number of hydrogen-bond donors (Lipinski definition) is 0. The van der Waals surface area contributed by atoms with Crippen molar-refractivity contribution in [1.82, 2.24) is 25.1 Å². The Bertz CT molecular complexity index is 871. The highest BCUT2D eigenvalue weighted by molar-refractivity contribution is 5.92. The number of carbonyl (C=O) groups excluding carboxylic acids is 1. The highest BCUT2D eigenvalue weighted by atomic mass is 16.5. The van der Waals surface area contributed by atoms with E-state index in [-0.39, 0.29) is 11.8 Å². The third kappa shape index (κ3) is 4.81. The van der Waals surface area contributed by atoms with Gasteiger partial charge in [0.25, 0.3) is 5.91 Å². The van der Waals surface area contributed by atoms with E-state index in [1.54, 1.807) is 6.07 Å². The molecule has 0 spiro atoms. The number of morpholine rings is 1. The number of amides is 1. The number of ether oxygens (including phenoxy) is 2. The zero-order chi connectivity index (χ0) is 21.0. The molecule has 3 fully saturated rings. The molecule has 3 aliphatic rings. The summed E-state index contributed by atoms with van der Waals surface area (Å²) >= 11 is 0. The van der Waals surface area contributed by atoms with Crippen LogP contribution in [0.1, 0.15) is 65.5 Å². The normalized spacial score (nSPS) is 23.9. The molecule has 0 radical (unpaired) electrons. The molecular weight excluding hydrogens is 402 g/mol. The van der Waals surface area contributed by atoms with Crippen molar-refractivity contribution >= 4 is 5.91 Å². The maximum Gasteiger partial charge on any atom is 0.276 e. The van der Waals surface area contributed by atoms with Gasteiger partial charge in [-0.1, -0.05) is 10.3 Å². The molecule has 1 amide bonds. The average molecular weight is 431 g/mol. The van der Waals surface area contributed by atoms with Crippen LogP contribution < -0.4 is 0 Å². The quantitative estimate of drug-likeness (QED) is 0.700. The molecule has 0 N–H and O–H groups in total. The third-order valence-corrected chi connectivity index (χ3v) is 6.36. The van der Waals surface area contributed by atoms with E-state index in [0.29, 0.717) is 42.9 Å². The maximum absolute atomic E-state index is 13.0. The van der Waals surface area contributed by atoms with E-state index < -0.39 is 0 Å². The van der Waals surface area contributed by atoms with Crippen LogP contribution in [-0.4, -0.2) is 83.6 Å². The maximum atomic E-state index is 13.0. The summed E-state index contributed by atoms with van der Waals surface area (Å²) < 4.78 is 21.8. The summed E-state index contributed by atoms with van der Waals surface area (Å²) in [5, 5.41) is 8.25. The highest BCUT2D eigenvalue weighted by Gasteiger charge is 2.31. The first-order valence-electron chi connectivity index (χ1n) is 11.2. The monoisotopic (exact) mass is 431 g/mol. The van der Waals surface area contributed by atoms with Gasteiger partial charge in [0.2, 0.25) is 5.89 Å². The summed E-state index contributed by atoms with van der Waals surface area (Å²) in [4.78, 5) is 21.8. The molecule has 3 saturated heterocycles. The molecule has 31 heavy (non-hydrogen) atoms. The van der Waals surface area contributed by atoms with Gasteiger partial charge in [-0.05, 0) is 25.7 Å². The van der Waals surface area contributed by atoms with Crippen LogP contribution in [0.5, 0.6) is 0 Å². The SMILES string of the molecule is O=C(c1cc(CN2CCOCC2)on1)N1CCCC(c2nc(C3CCOCC3)no2)C1. The lowest BCUT2D eigenvalue weighted by atomic mass is 9.97. The molecule has 10 heteroatoms. The Labute approximate surface area is 180 Å². The molecule has 0 bridgehead atoms. The predicted octanol–water partition coefficient (Wildman–Crippen LogP) is 1.80. The Morgan fingerprint density at radius 2 is 1.77 bits per heavy atom. The van der Waals surface area contributed by atoms with Crippen molar-refractivity contribution in [2.24, 2.45) is 0 Å². The molecule has 10 nitrogen and oxygen atoms in total. The Kier molecular flexibility index (Phi) is 6.28. The zero-order valence-electron chi connectivity index (χ0n) is 17.7. The van der Waals surface area contributed by atoms with Gasteiger partial charge in [-0.15, -0.1) is 0 Å². The lowest BCUT2D eigenvalue weighted by Crippen LogP contribution is -2.39. The van der Waals surface area contributed by atoms with E-state index in [0.717, 1.165) is 71.0 Å². The molecule has 1 unspecified atom stereocenters. The van der Waals surface area contributed by atoms with Crippen molar-refractivity contribution in [1.29, 1.82) is 0 Å². The number of rotatable bonds is 5. The van der Waals surface area contributed by atoms with Crippen LogP contribution in [0.25, 0.3) is 0 Å². The Morgan fingerprint density at radius 1 is 0.968 bits per heavy atom. The number of hydrogen-bond acceptors (Lipinski definition) is 9. The molecule has 0 aliphatic carbocycles. The molecule has 3 aliphatic heterocycles. The highest BCUT2D eigenvalue weighted by Crippen LogP contribution is 2.30. The first-order chi connectivity index (χ1) is 15.3. The zero-order valence-corrected chi connectivity index (χ0v) is 17.7. The third-order valence-electron chi connectivity index (χ3n) is 6.36. The Hall–Kier alpha value is -2.30. The molecular formula is C21H29N5O5. The van der Waals surface area contributed by atoms with Crippen molar-refractivity contribution in [2.75, 3.05) is 52.6 Å². The van der Waals surface area contributed by atoms with E-state index in [1.165, 1.54) is 0 Å². The van der Waals surface area contributed by atoms with Gasteiger partial charge in [-0.2, -0.15) is 4.98 Å². The van der Waals surface area contributed by atoms with Gasteiger partial charge >= 0.3 is 0 Å². The van der Waals surface area contributed by atoms with Crippen molar-refractivity contribution in [3.05, 3.63) is 29.2 Å². The summed E-state index contributed by atoms with van der Waals surface area (Å²) in [6.45, 7) is 6.54. The summed E-state index contributed by atoms with van der Waals surface area (Å²) in [5.74, 6) is 2.35. The molecule has 2 aromatic heterocycles. The van der Waals surface area contributed by atoms with Crippen LogP contribution in [0.15, 0.2) is 15.1 Å². The Balaban J connectivity index is 1.20. The van der Waals surface area contributed by atoms with Gasteiger partial charge < -0.3 is 23.4 Å². The van der Waals surface area contributed by atoms with Gasteiger partial charge in [-0.25, -0.2) is 0 Å². The van der Waals surface area contributed by atoms with Crippen LogP contribution in [0, 0.1) is 0 Å².